The van der Waals surface area contributed by atoms with Gasteiger partial charge in [0.15, 0.2) is 0 Å². The van der Waals surface area contributed by atoms with E-state index in [-0.39, 0.29) is 24.8 Å². The largest absolute Gasteiger partial charge is 0.353 e. The lowest BCUT2D eigenvalue weighted by Gasteiger charge is -2.33. The maximum Gasteiger partial charge on any atom is 0.0684 e. The van der Waals surface area contributed by atoms with E-state index in [1.54, 1.807) is 0 Å². The lowest BCUT2D eigenvalue weighted by Crippen LogP contribution is -2.45. The summed E-state index contributed by atoms with van der Waals surface area (Å²) in [5.41, 5.74) is 1.33. The molecule has 0 amide bonds. The van der Waals surface area contributed by atoms with E-state index >= 15 is 0 Å². The van der Waals surface area contributed by atoms with Gasteiger partial charge in [-0.1, -0.05) is 6.08 Å². The molecule has 1 saturated heterocycles. The van der Waals surface area contributed by atoms with Crippen molar-refractivity contribution in [3.05, 3.63) is 36.7 Å². The van der Waals surface area contributed by atoms with E-state index in [4.69, 9.17) is 0 Å². The Balaban J connectivity index is 0.00000128. The fraction of sp³-hybridized carbons (Fsp3) is 0.500. The Morgan fingerprint density at radius 1 is 1.35 bits per heavy atom. The van der Waals surface area contributed by atoms with Crippen LogP contribution in [0, 0.1) is 0 Å². The zero-order chi connectivity index (χ0) is 10.7. The first-order valence-electron chi connectivity index (χ1n) is 5.51. The smallest absolute Gasteiger partial charge is 0.0684 e. The van der Waals surface area contributed by atoms with Crippen LogP contribution < -0.4 is 5.32 Å². The Kier molecular flexibility index (Phi) is 7.55. The van der Waals surface area contributed by atoms with Crippen molar-refractivity contribution in [1.82, 2.24) is 14.8 Å². The number of nitrogens with zero attached hydrogens (tertiary/aromatic N) is 2. The minimum Gasteiger partial charge on any atom is -0.353 e. The summed E-state index contributed by atoms with van der Waals surface area (Å²) >= 11 is 0. The van der Waals surface area contributed by atoms with Gasteiger partial charge in [-0.25, -0.2) is 0 Å². The molecule has 3 nitrogen and oxygen atoms in total. The average Bonchev–Trinajstić information content (AvgIpc) is 2.68. The van der Waals surface area contributed by atoms with Gasteiger partial charge in [0.2, 0.25) is 0 Å². The zero-order valence-electron chi connectivity index (χ0n) is 10.1. The third-order valence-electron chi connectivity index (χ3n) is 3.06. The van der Waals surface area contributed by atoms with Crippen molar-refractivity contribution >= 4 is 24.8 Å². The van der Waals surface area contributed by atoms with Gasteiger partial charge in [-0.05, 0) is 12.1 Å². The summed E-state index contributed by atoms with van der Waals surface area (Å²) < 4.78 is 2.17. The summed E-state index contributed by atoms with van der Waals surface area (Å²) in [5, 5.41) is 3.37. The molecule has 0 radical (unpaired) electrons. The number of piperazine rings is 1. The molecule has 0 aliphatic carbocycles. The van der Waals surface area contributed by atoms with Gasteiger partial charge >= 0.3 is 0 Å². The molecule has 1 aliphatic rings. The van der Waals surface area contributed by atoms with E-state index in [9.17, 15) is 0 Å². The first-order valence-corrected chi connectivity index (χ1v) is 5.51. The van der Waals surface area contributed by atoms with Crippen LogP contribution in [0.2, 0.25) is 0 Å². The van der Waals surface area contributed by atoms with E-state index in [0.717, 1.165) is 26.2 Å². The highest BCUT2D eigenvalue weighted by molar-refractivity contribution is 5.85. The molecular formula is C12H21Cl2N3. The average molecular weight is 278 g/mol. The van der Waals surface area contributed by atoms with Crippen molar-refractivity contribution < 1.29 is 0 Å². The molecule has 0 aromatic carbocycles. The monoisotopic (exact) mass is 277 g/mol. The number of rotatable bonds is 3. The molecule has 1 aliphatic heterocycles. The topological polar surface area (TPSA) is 20.2 Å². The molecule has 17 heavy (non-hydrogen) atoms. The number of halogens is 2. The van der Waals surface area contributed by atoms with Crippen LogP contribution in [-0.4, -0.2) is 35.6 Å². The molecule has 0 saturated carbocycles. The van der Waals surface area contributed by atoms with Crippen LogP contribution in [-0.2, 0) is 7.05 Å². The van der Waals surface area contributed by atoms with Crippen molar-refractivity contribution in [2.24, 2.45) is 7.05 Å². The molecule has 0 bridgehead atoms. The van der Waals surface area contributed by atoms with Gasteiger partial charge in [-0.15, -0.1) is 31.4 Å². The standard InChI is InChI=1S/C12H19N3.2ClH/c1-3-11(12-5-4-8-14(12)2)15-9-6-13-7-10-15;;/h3-5,8,11,13H,1,6-7,9-10H2,2H3;2*1H/t11-;;/m0../s1. The van der Waals surface area contributed by atoms with Gasteiger partial charge in [0.05, 0.1) is 6.04 Å². The quantitative estimate of drug-likeness (QED) is 0.853. The molecule has 98 valence electrons. The fourth-order valence-corrected chi connectivity index (χ4v) is 2.20. The molecule has 1 atom stereocenters. The summed E-state index contributed by atoms with van der Waals surface area (Å²) in [6, 6.07) is 4.62. The molecule has 2 rings (SSSR count). The lowest BCUT2D eigenvalue weighted by molar-refractivity contribution is 0.198. The maximum atomic E-state index is 3.96. The number of nitrogens with one attached hydrogen (secondary N) is 1. The second-order valence-electron chi connectivity index (χ2n) is 4.01. The third-order valence-corrected chi connectivity index (χ3v) is 3.06. The Morgan fingerprint density at radius 3 is 2.47 bits per heavy atom. The number of hydrogen-bond donors (Lipinski definition) is 1. The van der Waals surface area contributed by atoms with Crippen LogP contribution in [0.25, 0.3) is 0 Å². The van der Waals surface area contributed by atoms with E-state index < -0.39 is 0 Å². The van der Waals surface area contributed by atoms with Gasteiger partial charge in [0.1, 0.15) is 0 Å². The molecule has 1 aromatic rings. The van der Waals surface area contributed by atoms with E-state index in [0.29, 0.717) is 6.04 Å². The maximum absolute atomic E-state index is 3.96. The Morgan fingerprint density at radius 2 is 2.00 bits per heavy atom. The zero-order valence-corrected chi connectivity index (χ0v) is 11.8. The van der Waals surface area contributed by atoms with E-state index in [1.807, 2.05) is 6.08 Å². The second kappa shape index (κ2) is 7.77. The Labute approximate surface area is 116 Å². The van der Waals surface area contributed by atoms with Gasteiger partial charge < -0.3 is 9.88 Å². The van der Waals surface area contributed by atoms with Crippen LogP contribution in [0.15, 0.2) is 31.0 Å². The number of aromatic nitrogens is 1. The van der Waals surface area contributed by atoms with Gasteiger partial charge in [-0.2, -0.15) is 0 Å². The SMILES string of the molecule is C=C[C@@H](c1cccn1C)N1CCNCC1.Cl.Cl. The van der Waals surface area contributed by atoms with Crippen molar-refractivity contribution in [3.63, 3.8) is 0 Å². The predicted octanol–water partition coefficient (Wildman–Crippen LogP) is 2.00. The first kappa shape index (κ1) is 16.5. The molecule has 1 N–H and O–H groups in total. The molecule has 0 unspecified atom stereocenters. The van der Waals surface area contributed by atoms with Crippen LogP contribution in [0.3, 0.4) is 0 Å². The Bertz CT molecular complexity index is 332. The molecular weight excluding hydrogens is 257 g/mol. The van der Waals surface area contributed by atoms with E-state index in [1.165, 1.54) is 5.69 Å². The minimum atomic E-state index is 0. The summed E-state index contributed by atoms with van der Waals surface area (Å²) in [5.74, 6) is 0. The Hall–Kier alpha value is -0.480. The van der Waals surface area contributed by atoms with Crippen LogP contribution in [0.4, 0.5) is 0 Å². The van der Waals surface area contributed by atoms with Crippen LogP contribution >= 0.6 is 24.8 Å². The first-order chi connectivity index (χ1) is 7.33. The summed E-state index contributed by atoms with van der Waals surface area (Å²) in [6.07, 6.45) is 4.13. The highest BCUT2D eigenvalue weighted by atomic mass is 35.5. The third kappa shape index (κ3) is 3.75. The second-order valence-corrected chi connectivity index (χ2v) is 4.01. The normalized spacial score (nSPS) is 17.7. The molecule has 1 aromatic heterocycles. The number of hydrogen-bond acceptors (Lipinski definition) is 2. The predicted molar refractivity (Wildman–Crippen MR) is 77.3 cm³/mol. The van der Waals surface area contributed by atoms with Crippen LogP contribution in [0.5, 0.6) is 0 Å². The van der Waals surface area contributed by atoms with Crippen molar-refractivity contribution in [1.29, 1.82) is 0 Å². The van der Waals surface area contributed by atoms with E-state index in [2.05, 4.69) is 46.7 Å². The molecule has 2 heterocycles. The minimum absolute atomic E-state index is 0. The molecule has 0 spiro atoms. The molecule has 1 fully saturated rings. The lowest BCUT2D eigenvalue weighted by atomic mass is 10.1. The highest BCUT2D eigenvalue weighted by Crippen LogP contribution is 2.21. The summed E-state index contributed by atoms with van der Waals surface area (Å²) in [7, 11) is 2.09. The number of aryl methyl sites for hydroxylation is 1. The van der Waals surface area contributed by atoms with Gasteiger partial charge in [0, 0.05) is 45.1 Å². The van der Waals surface area contributed by atoms with Crippen molar-refractivity contribution in [2.45, 2.75) is 6.04 Å². The van der Waals surface area contributed by atoms with Gasteiger partial charge in [-0.3, -0.25) is 4.90 Å². The molecule has 5 heteroatoms. The highest BCUT2D eigenvalue weighted by Gasteiger charge is 2.20. The summed E-state index contributed by atoms with van der Waals surface area (Å²) in [6.45, 7) is 8.31. The van der Waals surface area contributed by atoms with Gasteiger partial charge in [0.25, 0.3) is 0 Å². The van der Waals surface area contributed by atoms with Crippen molar-refractivity contribution in [2.75, 3.05) is 26.2 Å². The fourth-order valence-electron chi connectivity index (χ4n) is 2.20. The van der Waals surface area contributed by atoms with Crippen LogP contribution in [0.1, 0.15) is 11.7 Å². The summed E-state index contributed by atoms with van der Waals surface area (Å²) in [4.78, 5) is 2.47. The van der Waals surface area contributed by atoms with Crippen molar-refractivity contribution in [3.8, 4) is 0 Å².